The van der Waals surface area contributed by atoms with Crippen LogP contribution in [0.2, 0.25) is 0 Å². The summed E-state index contributed by atoms with van der Waals surface area (Å²) in [6.45, 7) is 0. The quantitative estimate of drug-likeness (QED) is 0.246. The molecule has 0 saturated heterocycles. The van der Waals surface area contributed by atoms with Crippen molar-refractivity contribution >= 4 is 17.3 Å². The molecule has 0 aliphatic carbocycles. The number of hydrogen-bond acceptors (Lipinski definition) is 1. The van der Waals surface area contributed by atoms with Crippen LogP contribution < -0.4 is 0 Å². The number of hydrogen-bond donors (Lipinski definition) is 0. The van der Waals surface area contributed by atoms with Crippen molar-refractivity contribution in [1.29, 1.82) is 0 Å². The van der Waals surface area contributed by atoms with Crippen molar-refractivity contribution in [3.05, 3.63) is 137 Å². The Hall–Kier alpha value is -3.91. The van der Waals surface area contributed by atoms with E-state index in [1.807, 2.05) is 60.7 Å². The van der Waals surface area contributed by atoms with Gasteiger partial charge < -0.3 is 0 Å². The molecular formula is C30H18S. The molecule has 0 atom stereocenters. The van der Waals surface area contributed by atoms with Crippen LogP contribution in [-0.2, 0) is 0 Å². The lowest BCUT2D eigenvalue weighted by Gasteiger charge is -2.22. The zero-order valence-electron chi connectivity index (χ0n) is 16.8. The first kappa shape index (κ1) is 19.1. The van der Waals surface area contributed by atoms with Gasteiger partial charge >= 0.3 is 0 Å². The van der Waals surface area contributed by atoms with Crippen molar-refractivity contribution in [2.45, 2.75) is 9.79 Å². The third kappa shape index (κ3) is 4.19. The fraction of sp³-hybridized carbons (Fsp3) is 0. The molecule has 0 aromatic heterocycles. The van der Waals surface area contributed by atoms with Gasteiger partial charge in [0.1, 0.15) is 0 Å². The number of allylic oxidation sites excluding steroid dienone is 1. The van der Waals surface area contributed by atoms with Gasteiger partial charge in [0.25, 0.3) is 0 Å². The van der Waals surface area contributed by atoms with Crippen molar-refractivity contribution in [2.24, 2.45) is 0 Å². The van der Waals surface area contributed by atoms with Crippen molar-refractivity contribution in [3.63, 3.8) is 0 Å². The molecule has 0 spiro atoms. The molecule has 1 aliphatic rings. The molecule has 0 unspecified atom stereocenters. The van der Waals surface area contributed by atoms with Crippen molar-refractivity contribution in [3.8, 4) is 23.7 Å². The standard InChI is InChI=1S/C30H18S/c1-3-11-23(12-4-1)19-21-25(22-20-24-13-5-2-6-14-24)30-26-15-7-9-17-28(26)31-29-18-10-8-16-27(29)30/h1-18H. The SMILES string of the molecule is C(#Cc1ccccc1)C(C#Cc1ccccc1)=C1c2ccccc2Sc2ccccc21. The highest BCUT2D eigenvalue weighted by molar-refractivity contribution is 7.99. The molecule has 4 aromatic carbocycles. The summed E-state index contributed by atoms with van der Waals surface area (Å²) < 4.78 is 0. The summed E-state index contributed by atoms with van der Waals surface area (Å²) in [5, 5.41) is 0. The van der Waals surface area contributed by atoms with Crippen LogP contribution in [0.3, 0.4) is 0 Å². The molecule has 0 radical (unpaired) electrons. The molecule has 0 N–H and O–H groups in total. The Morgan fingerprint density at radius 2 is 0.903 bits per heavy atom. The summed E-state index contributed by atoms with van der Waals surface area (Å²) in [5.74, 6) is 13.5. The van der Waals surface area contributed by atoms with E-state index in [4.69, 9.17) is 0 Å². The van der Waals surface area contributed by atoms with Gasteiger partial charge in [0.2, 0.25) is 0 Å². The Labute approximate surface area is 187 Å². The topological polar surface area (TPSA) is 0 Å². The number of benzene rings is 4. The van der Waals surface area contributed by atoms with E-state index < -0.39 is 0 Å². The minimum Gasteiger partial charge on any atom is -0.0888 e. The summed E-state index contributed by atoms with van der Waals surface area (Å²) in [4.78, 5) is 2.47. The van der Waals surface area contributed by atoms with Gasteiger partial charge in [-0.3, -0.25) is 0 Å². The second kappa shape index (κ2) is 8.85. The molecule has 0 saturated carbocycles. The van der Waals surface area contributed by atoms with Crippen molar-refractivity contribution < 1.29 is 0 Å². The zero-order chi connectivity index (χ0) is 20.9. The molecule has 1 heteroatoms. The van der Waals surface area contributed by atoms with Crippen molar-refractivity contribution in [2.75, 3.05) is 0 Å². The van der Waals surface area contributed by atoms with Crippen LogP contribution >= 0.6 is 11.8 Å². The van der Waals surface area contributed by atoms with Gasteiger partial charge in [-0.15, -0.1) is 0 Å². The van der Waals surface area contributed by atoms with E-state index in [0.29, 0.717) is 0 Å². The summed E-state index contributed by atoms with van der Waals surface area (Å²) >= 11 is 1.80. The van der Waals surface area contributed by atoms with Crippen molar-refractivity contribution in [1.82, 2.24) is 0 Å². The summed E-state index contributed by atoms with van der Waals surface area (Å²) in [5.41, 5.74) is 6.28. The van der Waals surface area contributed by atoms with E-state index in [-0.39, 0.29) is 0 Å². The zero-order valence-corrected chi connectivity index (χ0v) is 17.6. The van der Waals surface area contributed by atoms with E-state index in [9.17, 15) is 0 Å². The lowest BCUT2D eigenvalue weighted by Crippen LogP contribution is -2.01. The lowest BCUT2D eigenvalue weighted by atomic mass is 9.92. The molecule has 5 rings (SSSR count). The normalized spacial score (nSPS) is 11.2. The Morgan fingerprint density at radius 3 is 1.39 bits per heavy atom. The molecule has 1 heterocycles. The fourth-order valence-corrected chi connectivity index (χ4v) is 4.62. The third-order valence-electron chi connectivity index (χ3n) is 4.99. The van der Waals surface area contributed by atoms with Gasteiger partial charge in [-0.1, -0.05) is 108 Å². The molecule has 0 fully saturated rings. The Balaban J connectivity index is 1.76. The van der Waals surface area contributed by atoms with E-state index in [0.717, 1.165) is 22.3 Å². The second-order valence-corrected chi connectivity index (χ2v) is 8.16. The first-order valence-corrected chi connectivity index (χ1v) is 11.0. The van der Waals surface area contributed by atoms with Crippen LogP contribution in [0.5, 0.6) is 0 Å². The largest absolute Gasteiger partial charge is 0.0888 e. The predicted octanol–water partition coefficient (Wildman–Crippen LogP) is 7.06. The second-order valence-electron chi connectivity index (χ2n) is 7.08. The van der Waals surface area contributed by atoms with Crippen LogP contribution in [0.4, 0.5) is 0 Å². The maximum absolute atomic E-state index is 3.40. The molecule has 0 bridgehead atoms. The summed E-state index contributed by atoms with van der Waals surface area (Å²) in [6, 6.07) is 37.2. The number of rotatable bonds is 0. The average Bonchev–Trinajstić information content (AvgIpc) is 2.84. The minimum atomic E-state index is 0.841. The van der Waals surface area contributed by atoms with Gasteiger partial charge in [0.15, 0.2) is 0 Å². The molecule has 0 nitrogen and oxygen atoms in total. The molecule has 1 aliphatic heterocycles. The Morgan fingerprint density at radius 1 is 0.484 bits per heavy atom. The highest BCUT2D eigenvalue weighted by Gasteiger charge is 2.22. The maximum Gasteiger partial charge on any atom is 0.0836 e. The summed E-state index contributed by atoms with van der Waals surface area (Å²) in [7, 11) is 0. The Kier molecular flexibility index (Phi) is 5.44. The van der Waals surface area contributed by atoms with E-state index in [1.165, 1.54) is 20.9 Å². The van der Waals surface area contributed by atoms with E-state index in [1.54, 1.807) is 11.8 Å². The van der Waals surface area contributed by atoms with Gasteiger partial charge in [-0.25, -0.2) is 0 Å². The Bertz CT molecular complexity index is 1280. The fourth-order valence-electron chi connectivity index (χ4n) is 3.53. The third-order valence-corrected chi connectivity index (χ3v) is 6.15. The van der Waals surface area contributed by atoms with Gasteiger partial charge in [0.05, 0.1) is 5.57 Å². The average molecular weight is 411 g/mol. The minimum absolute atomic E-state index is 0.841. The van der Waals surface area contributed by atoms with Gasteiger partial charge in [-0.05, 0) is 47.5 Å². The number of fused-ring (bicyclic) bond motifs is 2. The monoisotopic (exact) mass is 410 g/mol. The smallest absolute Gasteiger partial charge is 0.0836 e. The summed E-state index contributed by atoms with van der Waals surface area (Å²) in [6.07, 6.45) is 0. The van der Waals surface area contributed by atoms with Crippen LogP contribution in [0.1, 0.15) is 22.3 Å². The van der Waals surface area contributed by atoms with Crippen LogP contribution in [0.25, 0.3) is 5.57 Å². The van der Waals surface area contributed by atoms with Crippen LogP contribution in [0, 0.1) is 23.7 Å². The van der Waals surface area contributed by atoms with Gasteiger partial charge in [0, 0.05) is 26.5 Å². The molecule has 144 valence electrons. The first-order valence-electron chi connectivity index (χ1n) is 10.1. The van der Waals surface area contributed by atoms with Gasteiger partial charge in [-0.2, -0.15) is 0 Å². The molecular weight excluding hydrogens is 392 g/mol. The van der Waals surface area contributed by atoms with E-state index >= 15 is 0 Å². The first-order chi connectivity index (χ1) is 15.4. The highest BCUT2D eigenvalue weighted by atomic mass is 32.2. The molecule has 31 heavy (non-hydrogen) atoms. The molecule has 0 amide bonds. The van der Waals surface area contributed by atoms with Crippen LogP contribution in [-0.4, -0.2) is 0 Å². The van der Waals surface area contributed by atoms with Crippen LogP contribution in [0.15, 0.2) is 125 Å². The van der Waals surface area contributed by atoms with E-state index in [2.05, 4.69) is 72.2 Å². The maximum atomic E-state index is 3.40. The molecule has 4 aromatic rings. The lowest BCUT2D eigenvalue weighted by molar-refractivity contribution is 1.28. The predicted molar refractivity (Wildman–Crippen MR) is 130 cm³/mol. The highest BCUT2D eigenvalue weighted by Crippen LogP contribution is 2.46.